The van der Waals surface area contributed by atoms with Gasteiger partial charge in [0.25, 0.3) is 5.69 Å². The van der Waals surface area contributed by atoms with E-state index in [1.165, 1.54) is 24.3 Å². The minimum Gasteiger partial charge on any atom is -0.477 e. The van der Waals surface area contributed by atoms with E-state index in [9.17, 15) is 23.3 Å². The van der Waals surface area contributed by atoms with E-state index in [-0.39, 0.29) is 23.9 Å². The number of aromatic nitrogens is 2. The van der Waals surface area contributed by atoms with E-state index in [0.717, 1.165) is 0 Å². The molecule has 1 heterocycles. The highest BCUT2D eigenvalue weighted by Gasteiger charge is 2.36. The van der Waals surface area contributed by atoms with Crippen LogP contribution in [0.15, 0.2) is 30.5 Å². The molecule has 0 aliphatic heterocycles. The van der Waals surface area contributed by atoms with Gasteiger partial charge in [0.05, 0.1) is 11.5 Å². The summed E-state index contributed by atoms with van der Waals surface area (Å²) in [4.78, 5) is 17.6. The van der Waals surface area contributed by atoms with Crippen LogP contribution in [0.3, 0.4) is 0 Å². The molecule has 0 spiro atoms. The lowest BCUT2D eigenvalue weighted by Crippen LogP contribution is -2.13. The Kier molecular flexibility index (Phi) is 5.17. The summed E-state index contributed by atoms with van der Waals surface area (Å²) in [5.41, 5.74) is -1.30. The number of hydrogen-bond donors (Lipinski definition) is 1. The van der Waals surface area contributed by atoms with Crippen LogP contribution in [0, 0.1) is 10.1 Å². The zero-order valence-corrected chi connectivity index (χ0v) is 12.5. The van der Waals surface area contributed by atoms with E-state index in [1.54, 1.807) is 6.92 Å². The molecular weight excluding hydrogens is 329 g/mol. The first-order valence-electron chi connectivity index (χ1n) is 6.90. The van der Waals surface area contributed by atoms with Crippen LogP contribution in [0.5, 0.6) is 5.88 Å². The molecule has 0 fully saturated rings. The average molecular weight is 342 g/mol. The second-order valence-electron chi connectivity index (χ2n) is 4.66. The summed E-state index contributed by atoms with van der Waals surface area (Å²) in [5, 5.41) is 13.5. The van der Waals surface area contributed by atoms with Gasteiger partial charge in [0.2, 0.25) is 11.8 Å². The monoisotopic (exact) mass is 342 g/mol. The predicted molar refractivity (Wildman–Crippen MR) is 79.2 cm³/mol. The Hall–Kier alpha value is -2.91. The molecule has 0 saturated carbocycles. The summed E-state index contributed by atoms with van der Waals surface area (Å²) < 4.78 is 43.8. The van der Waals surface area contributed by atoms with Crippen LogP contribution in [-0.2, 0) is 6.18 Å². The van der Waals surface area contributed by atoms with Crippen LogP contribution >= 0.6 is 0 Å². The van der Waals surface area contributed by atoms with Crippen LogP contribution in [0.4, 0.5) is 30.5 Å². The molecule has 1 aromatic carbocycles. The highest BCUT2D eigenvalue weighted by molar-refractivity contribution is 5.66. The Bertz CT molecular complexity index is 737. The average Bonchev–Trinajstić information content (AvgIpc) is 2.52. The summed E-state index contributed by atoms with van der Waals surface area (Å²) >= 11 is 0. The molecule has 0 atom stereocenters. The summed E-state index contributed by atoms with van der Waals surface area (Å²) in [6.07, 6.45) is -3.59. The first kappa shape index (κ1) is 17.4. The van der Waals surface area contributed by atoms with E-state index in [4.69, 9.17) is 4.74 Å². The van der Waals surface area contributed by atoms with Crippen molar-refractivity contribution in [1.29, 1.82) is 0 Å². The Labute approximate surface area is 134 Å². The molecule has 128 valence electrons. The Morgan fingerprint density at radius 3 is 2.67 bits per heavy atom. The number of alkyl halides is 3. The second-order valence-corrected chi connectivity index (χ2v) is 4.66. The fourth-order valence-electron chi connectivity index (χ4n) is 1.79. The lowest BCUT2D eigenvalue weighted by molar-refractivity contribution is -0.383. The van der Waals surface area contributed by atoms with E-state index >= 15 is 0 Å². The maximum absolute atomic E-state index is 12.9. The quantitative estimate of drug-likeness (QED) is 0.632. The minimum absolute atomic E-state index is 0.0466. The van der Waals surface area contributed by atoms with Crippen LogP contribution < -0.4 is 10.1 Å². The number of nitrogens with one attached hydrogen (secondary N) is 1. The Balaban J connectivity index is 2.37. The fraction of sp³-hybridized carbons (Fsp3) is 0.286. The van der Waals surface area contributed by atoms with Gasteiger partial charge in [-0.3, -0.25) is 10.1 Å². The van der Waals surface area contributed by atoms with Gasteiger partial charge in [0.15, 0.2) is 0 Å². The molecule has 0 saturated heterocycles. The standard InChI is InChI=1S/C14H13F3N4O3/c1-2-7-24-12-9(14(15,16)17)8-18-13(20-12)19-10-5-3-4-6-11(10)21(22)23/h3-6,8H,2,7H2,1H3,(H,18,19,20). The number of anilines is 2. The Morgan fingerprint density at radius 1 is 1.33 bits per heavy atom. The molecule has 2 aromatic rings. The second kappa shape index (κ2) is 7.11. The van der Waals surface area contributed by atoms with Crippen molar-refractivity contribution in [2.24, 2.45) is 0 Å². The summed E-state index contributed by atoms with van der Waals surface area (Å²) in [6, 6.07) is 5.65. The number of nitro groups is 1. The van der Waals surface area contributed by atoms with E-state index in [2.05, 4.69) is 15.3 Å². The molecule has 1 N–H and O–H groups in total. The minimum atomic E-state index is -4.67. The third-order valence-electron chi connectivity index (χ3n) is 2.85. The van der Waals surface area contributed by atoms with Crippen molar-refractivity contribution in [3.63, 3.8) is 0 Å². The molecule has 0 aliphatic carbocycles. The lowest BCUT2D eigenvalue weighted by Gasteiger charge is -2.13. The van der Waals surface area contributed by atoms with Crippen molar-refractivity contribution in [2.75, 3.05) is 11.9 Å². The molecule has 1 aromatic heterocycles. The normalized spacial score (nSPS) is 11.2. The van der Waals surface area contributed by atoms with Gasteiger partial charge in [-0.1, -0.05) is 19.1 Å². The first-order valence-corrected chi connectivity index (χ1v) is 6.90. The molecule has 0 unspecified atom stereocenters. The Morgan fingerprint density at radius 2 is 2.04 bits per heavy atom. The maximum atomic E-state index is 12.9. The third-order valence-corrected chi connectivity index (χ3v) is 2.85. The van der Waals surface area contributed by atoms with Crippen LogP contribution in [-0.4, -0.2) is 21.5 Å². The van der Waals surface area contributed by atoms with Crippen molar-refractivity contribution in [2.45, 2.75) is 19.5 Å². The number of nitro benzene ring substituents is 1. The van der Waals surface area contributed by atoms with Gasteiger partial charge >= 0.3 is 6.18 Å². The van der Waals surface area contributed by atoms with E-state index in [0.29, 0.717) is 12.6 Å². The van der Waals surface area contributed by atoms with E-state index in [1.807, 2.05) is 0 Å². The molecule has 24 heavy (non-hydrogen) atoms. The highest BCUT2D eigenvalue weighted by Crippen LogP contribution is 2.35. The summed E-state index contributed by atoms with van der Waals surface area (Å²) in [5.74, 6) is -0.858. The molecule has 0 aliphatic rings. The summed E-state index contributed by atoms with van der Waals surface area (Å²) in [7, 11) is 0. The molecule has 10 heteroatoms. The SMILES string of the molecule is CCCOc1nc(Nc2ccccc2[N+](=O)[O-])ncc1C(F)(F)F. The van der Waals surface area contributed by atoms with Gasteiger partial charge < -0.3 is 10.1 Å². The number of hydrogen-bond acceptors (Lipinski definition) is 6. The van der Waals surface area contributed by atoms with Crippen LogP contribution in [0.25, 0.3) is 0 Å². The number of halogens is 3. The number of ether oxygens (including phenoxy) is 1. The largest absolute Gasteiger partial charge is 0.477 e. The molecular formula is C14H13F3N4O3. The molecule has 0 amide bonds. The summed E-state index contributed by atoms with van der Waals surface area (Å²) in [6.45, 7) is 1.78. The zero-order chi connectivity index (χ0) is 17.7. The van der Waals surface area contributed by atoms with Gasteiger partial charge in [-0.15, -0.1) is 0 Å². The van der Waals surface area contributed by atoms with Gasteiger partial charge in [0, 0.05) is 12.3 Å². The van der Waals surface area contributed by atoms with Crippen molar-refractivity contribution >= 4 is 17.3 Å². The van der Waals surface area contributed by atoms with Crippen molar-refractivity contribution in [1.82, 2.24) is 9.97 Å². The first-order chi connectivity index (χ1) is 11.3. The highest BCUT2D eigenvalue weighted by atomic mass is 19.4. The van der Waals surface area contributed by atoms with Gasteiger partial charge in [-0.05, 0) is 12.5 Å². The van der Waals surface area contributed by atoms with Crippen LogP contribution in [0.1, 0.15) is 18.9 Å². The maximum Gasteiger partial charge on any atom is 0.423 e. The lowest BCUT2D eigenvalue weighted by atomic mass is 10.2. The topological polar surface area (TPSA) is 90.2 Å². The predicted octanol–water partition coefficient (Wildman–Crippen LogP) is 3.94. The van der Waals surface area contributed by atoms with Gasteiger partial charge in [-0.25, -0.2) is 4.98 Å². The molecule has 0 radical (unpaired) electrons. The molecule has 0 bridgehead atoms. The van der Waals surface area contributed by atoms with Gasteiger partial charge in [-0.2, -0.15) is 18.2 Å². The number of nitrogens with zero attached hydrogens (tertiary/aromatic N) is 3. The number of benzene rings is 1. The number of para-hydroxylation sites is 2. The van der Waals surface area contributed by atoms with Crippen LogP contribution in [0.2, 0.25) is 0 Å². The van der Waals surface area contributed by atoms with Crippen molar-refractivity contribution in [3.8, 4) is 5.88 Å². The molecule has 2 rings (SSSR count). The third kappa shape index (κ3) is 4.09. The van der Waals surface area contributed by atoms with Gasteiger partial charge in [0.1, 0.15) is 11.3 Å². The fourth-order valence-corrected chi connectivity index (χ4v) is 1.79. The smallest absolute Gasteiger partial charge is 0.423 e. The van der Waals surface area contributed by atoms with Crippen molar-refractivity contribution < 1.29 is 22.8 Å². The zero-order valence-electron chi connectivity index (χ0n) is 12.5. The molecule has 7 nitrogen and oxygen atoms in total. The number of rotatable bonds is 6. The van der Waals surface area contributed by atoms with E-state index < -0.39 is 22.5 Å². The van der Waals surface area contributed by atoms with Crippen molar-refractivity contribution in [3.05, 3.63) is 46.1 Å².